The first kappa shape index (κ1) is 10.7. The van der Waals surface area contributed by atoms with E-state index in [-0.39, 0.29) is 9.64 Å². The molecule has 6 heteroatoms. The van der Waals surface area contributed by atoms with Gasteiger partial charge in [-0.3, -0.25) is 0 Å². The smallest absolute Gasteiger partial charge is 0.204 e. The molecule has 0 aliphatic heterocycles. The van der Waals surface area contributed by atoms with Crippen LogP contribution in [0.2, 0.25) is 0 Å². The molecule has 0 amide bonds. The van der Waals surface area contributed by atoms with Crippen LogP contribution >= 0.6 is 22.6 Å². The van der Waals surface area contributed by atoms with Crippen molar-refractivity contribution in [2.24, 2.45) is 0 Å². The van der Waals surface area contributed by atoms with Crippen molar-refractivity contribution in [3.05, 3.63) is 32.9 Å². The van der Waals surface area contributed by atoms with Crippen LogP contribution in [-0.2, 0) is 6.18 Å². The Hall–Kier alpha value is -0.400. The maximum atomic E-state index is 12.5. The maximum absolute atomic E-state index is 12.5. The molecule has 13 heavy (non-hydrogen) atoms. The van der Waals surface area contributed by atoms with Gasteiger partial charge in [-0.05, 0) is 34.7 Å². The van der Waals surface area contributed by atoms with Crippen LogP contribution in [0.3, 0.4) is 0 Å². The zero-order chi connectivity index (χ0) is 10.2. The predicted octanol–water partition coefficient (Wildman–Crippen LogP) is 3.59. The van der Waals surface area contributed by atoms with Crippen molar-refractivity contribution in [3.8, 4) is 0 Å². The van der Waals surface area contributed by atoms with E-state index in [4.69, 9.17) is 0 Å². The molecule has 0 saturated heterocycles. The standard InChI is InChI=1S/C7H2F5I/c8-4-1-3(7(10,11)12)2-5(13)6(4)9/h1-2H. The summed E-state index contributed by atoms with van der Waals surface area (Å²) in [5.74, 6) is -2.74. The minimum absolute atomic E-state index is 0.136. The summed E-state index contributed by atoms with van der Waals surface area (Å²) in [4.78, 5) is 0. The molecule has 1 aromatic carbocycles. The number of benzene rings is 1. The van der Waals surface area contributed by atoms with Gasteiger partial charge in [-0.15, -0.1) is 0 Å². The van der Waals surface area contributed by atoms with Crippen LogP contribution in [0.4, 0.5) is 22.0 Å². The molecule has 0 atom stereocenters. The Balaban J connectivity index is 3.29. The summed E-state index contributed by atoms with van der Waals surface area (Å²) in [6.07, 6.45) is -4.64. The van der Waals surface area contributed by atoms with E-state index in [2.05, 4.69) is 0 Å². The summed E-state index contributed by atoms with van der Waals surface area (Å²) in [6.45, 7) is 0. The van der Waals surface area contributed by atoms with Crippen LogP contribution in [0.5, 0.6) is 0 Å². The second-order valence-electron chi connectivity index (χ2n) is 2.25. The maximum Gasteiger partial charge on any atom is 0.416 e. The fourth-order valence-electron chi connectivity index (χ4n) is 0.719. The summed E-state index contributed by atoms with van der Waals surface area (Å²) < 4.78 is 60.6. The van der Waals surface area contributed by atoms with Crippen molar-refractivity contribution in [2.75, 3.05) is 0 Å². The molecule has 0 radical (unpaired) electrons. The lowest BCUT2D eigenvalue weighted by Gasteiger charge is -2.07. The molecule has 72 valence electrons. The van der Waals surface area contributed by atoms with Gasteiger partial charge in [0.15, 0.2) is 11.6 Å². The van der Waals surface area contributed by atoms with E-state index < -0.39 is 23.4 Å². The zero-order valence-corrected chi connectivity index (χ0v) is 8.08. The topological polar surface area (TPSA) is 0 Å². The summed E-state index contributed by atoms with van der Waals surface area (Å²) in [6, 6.07) is 0.691. The van der Waals surface area contributed by atoms with Crippen LogP contribution < -0.4 is 0 Å². The Morgan fingerprint density at radius 2 is 1.62 bits per heavy atom. The average Bonchev–Trinajstić information content (AvgIpc) is 1.97. The molecular weight excluding hydrogens is 306 g/mol. The second-order valence-corrected chi connectivity index (χ2v) is 3.41. The van der Waals surface area contributed by atoms with Crippen molar-refractivity contribution in [3.63, 3.8) is 0 Å². The van der Waals surface area contributed by atoms with Crippen molar-refractivity contribution in [1.82, 2.24) is 0 Å². The van der Waals surface area contributed by atoms with Gasteiger partial charge in [-0.1, -0.05) is 0 Å². The Labute approximate surface area is 83.9 Å². The van der Waals surface area contributed by atoms with Crippen LogP contribution in [0, 0.1) is 15.2 Å². The molecule has 0 aromatic heterocycles. The summed E-state index contributed by atoms with van der Waals surface area (Å²) in [5.41, 5.74) is -1.18. The van der Waals surface area contributed by atoms with Gasteiger partial charge in [-0.25, -0.2) is 8.78 Å². The van der Waals surface area contributed by atoms with Gasteiger partial charge >= 0.3 is 6.18 Å². The normalized spacial score (nSPS) is 11.8. The second kappa shape index (κ2) is 3.39. The first-order valence-electron chi connectivity index (χ1n) is 3.04. The highest BCUT2D eigenvalue weighted by molar-refractivity contribution is 14.1. The molecular formula is C7H2F5I. The Morgan fingerprint density at radius 3 is 2.00 bits per heavy atom. The molecule has 1 rings (SSSR count). The van der Waals surface area contributed by atoms with Crippen molar-refractivity contribution >= 4 is 22.6 Å². The molecule has 0 aliphatic carbocycles. The van der Waals surface area contributed by atoms with E-state index >= 15 is 0 Å². The number of hydrogen-bond donors (Lipinski definition) is 0. The van der Waals surface area contributed by atoms with E-state index in [0.717, 1.165) is 0 Å². The van der Waals surface area contributed by atoms with E-state index in [1.54, 1.807) is 0 Å². The van der Waals surface area contributed by atoms with Crippen LogP contribution in [0.1, 0.15) is 5.56 Å². The van der Waals surface area contributed by atoms with E-state index in [1.807, 2.05) is 0 Å². The lowest BCUT2D eigenvalue weighted by atomic mass is 10.2. The molecule has 0 nitrogen and oxygen atoms in total. The fourth-order valence-corrected chi connectivity index (χ4v) is 1.31. The zero-order valence-electron chi connectivity index (χ0n) is 5.92. The van der Waals surface area contributed by atoms with Crippen molar-refractivity contribution in [2.45, 2.75) is 6.18 Å². The van der Waals surface area contributed by atoms with Gasteiger partial charge < -0.3 is 0 Å². The predicted molar refractivity (Wildman–Crippen MR) is 44.1 cm³/mol. The minimum atomic E-state index is -4.64. The molecule has 0 spiro atoms. The summed E-state index contributed by atoms with van der Waals surface area (Å²) in [7, 11) is 0. The molecule has 0 N–H and O–H groups in total. The number of hydrogen-bond acceptors (Lipinski definition) is 0. The fraction of sp³-hybridized carbons (Fsp3) is 0.143. The van der Waals surface area contributed by atoms with E-state index in [0.29, 0.717) is 6.07 Å². The lowest BCUT2D eigenvalue weighted by Crippen LogP contribution is -2.07. The third-order valence-electron chi connectivity index (χ3n) is 1.31. The number of alkyl halides is 3. The van der Waals surface area contributed by atoms with Crippen LogP contribution in [0.15, 0.2) is 12.1 Å². The highest BCUT2D eigenvalue weighted by atomic mass is 127. The number of rotatable bonds is 0. The van der Waals surface area contributed by atoms with Gasteiger partial charge in [0.2, 0.25) is 0 Å². The molecule has 0 unspecified atom stereocenters. The highest BCUT2D eigenvalue weighted by Crippen LogP contribution is 2.31. The van der Waals surface area contributed by atoms with Crippen molar-refractivity contribution < 1.29 is 22.0 Å². The van der Waals surface area contributed by atoms with Gasteiger partial charge in [0.25, 0.3) is 0 Å². The number of halogens is 6. The third-order valence-corrected chi connectivity index (χ3v) is 2.10. The monoisotopic (exact) mass is 308 g/mol. The van der Waals surface area contributed by atoms with E-state index in [1.165, 1.54) is 22.6 Å². The van der Waals surface area contributed by atoms with Gasteiger partial charge in [0.05, 0.1) is 9.13 Å². The largest absolute Gasteiger partial charge is 0.416 e. The van der Waals surface area contributed by atoms with Gasteiger partial charge in [0, 0.05) is 0 Å². The molecule has 0 heterocycles. The Morgan fingerprint density at radius 1 is 1.08 bits per heavy atom. The first-order valence-corrected chi connectivity index (χ1v) is 4.12. The quantitative estimate of drug-likeness (QED) is 0.390. The van der Waals surface area contributed by atoms with E-state index in [9.17, 15) is 22.0 Å². The average molecular weight is 308 g/mol. The van der Waals surface area contributed by atoms with Crippen LogP contribution in [-0.4, -0.2) is 0 Å². The molecule has 1 aromatic rings. The van der Waals surface area contributed by atoms with Crippen LogP contribution in [0.25, 0.3) is 0 Å². The Bertz CT molecular complexity index is 307. The minimum Gasteiger partial charge on any atom is -0.204 e. The summed E-state index contributed by atoms with van der Waals surface area (Å²) in [5, 5.41) is 0. The molecule has 0 fully saturated rings. The molecule has 0 saturated carbocycles. The highest BCUT2D eigenvalue weighted by Gasteiger charge is 2.32. The SMILES string of the molecule is Fc1cc(C(F)(F)F)cc(I)c1F. The molecule has 0 aliphatic rings. The summed E-state index contributed by atoms with van der Waals surface area (Å²) >= 11 is 1.30. The molecule has 0 bridgehead atoms. The lowest BCUT2D eigenvalue weighted by molar-refractivity contribution is -0.137. The third kappa shape index (κ3) is 2.29. The van der Waals surface area contributed by atoms with Gasteiger partial charge in [0.1, 0.15) is 0 Å². The Kier molecular flexibility index (Phi) is 2.79. The van der Waals surface area contributed by atoms with Gasteiger partial charge in [-0.2, -0.15) is 13.2 Å². The van der Waals surface area contributed by atoms with Crippen molar-refractivity contribution in [1.29, 1.82) is 0 Å². The first-order chi connectivity index (χ1) is 5.82.